The van der Waals surface area contributed by atoms with Crippen LogP contribution in [-0.2, 0) is 12.0 Å². The highest BCUT2D eigenvalue weighted by atomic mass is 16.5. The van der Waals surface area contributed by atoms with E-state index in [1.165, 1.54) is 6.92 Å². The fourth-order valence-corrected chi connectivity index (χ4v) is 2.92. The van der Waals surface area contributed by atoms with E-state index in [1.807, 2.05) is 6.92 Å². The lowest BCUT2D eigenvalue weighted by Crippen LogP contribution is -2.16. The van der Waals surface area contributed by atoms with Gasteiger partial charge in [0.2, 0.25) is 5.78 Å². The normalized spacial score (nSPS) is 11.4. The number of Topliss-reactive ketones (excluding diaryl/α,β-unsaturated/α-hetero) is 2. The molecule has 0 fully saturated rings. The van der Waals surface area contributed by atoms with E-state index >= 15 is 0 Å². The SMILES string of the molecule is CCc1c(C(=O)COc2ccc(C(C)(C)O)cc2)[nH]c(C)c1C(C)=O. The van der Waals surface area contributed by atoms with Crippen LogP contribution in [0.15, 0.2) is 24.3 Å². The molecule has 2 N–H and O–H groups in total. The number of hydrogen-bond donors (Lipinski definition) is 2. The molecule has 0 saturated heterocycles. The maximum atomic E-state index is 12.5. The van der Waals surface area contributed by atoms with Crippen LogP contribution in [0.4, 0.5) is 0 Å². The van der Waals surface area contributed by atoms with Gasteiger partial charge in [-0.15, -0.1) is 0 Å². The number of aliphatic hydroxyl groups is 1. The van der Waals surface area contributed by atoms with Gasteiger partial charge in [0, 0.05) is 11.3 Å². The molecule has 5 heteroatoms. The summed E-state index contributed by atoms with van der Waals surface area (Å²) < 4.78 is 5.56. The first-order chi connectivity index (χ1) is 11.6. The Labute approximate surface area is 148 Å². The van der Waals surface area contributed by atoms with Crippen LogP contribution in [0.1, 0.15) is 65.4 Å². The summed E-state index contributed by atoms with van der Waals surface area (Å²) >= 11 is 0. The molecule has 0 atom stereocenters. The zero-order valence-corrected chi connectivity index (χ0v) is 15.4. The van der Waals surface area contributed by atoms with Crippen molar-refractivity contribution < 1.29 is 19.4 Å². The number of aromatic nitrogens is 1. The first-order valence-corrected chi connectivity index (χ1v) is 8.36. The van der Waals surface area contributed by atoms with Gasteiger partial charge in [-0.25, -0.2) is 0 Å². The van der Waals surface area contributed by atoms with Crippen molar-refractivity contribution in [2.75, 3.05) is 6.61 Å². The van der Waals surface area contributed by atoms with Crippen molar-refractivity contribution in [3.8, 4) is 5.75 Å². The lowest BCUT2D eigenvalue weighted by molar-refractivity contribution is 0.0783. The number of carbonyl (C=O) groups is 2. The number of hydrogen-bond acceptors (Lipinski definition) is 4. The first-order valence-electron chi connectivity index (χ1n) is 8.36. The molecule has 0 radical (unpaired) electrons. The molecular weight excluding hydrogens is 318 g/mol. The largest absolute Gasteiger partial charge is 0.485 e. The summed E-state index contributed by atoms with van der Waals surface area (Å²) in [5, 5.41) is 9.95. The number of benzene rings is 1. The number of carbonyl (C=O) groups excluding carboxylic acids is 2. The molecule has 1 aromatic carbocycles. The van der Waals surface area contributed by atoms with Gasteiger partial charge in [0.1, 0.15) is 5.75 Å². The second kappa shape index (κ2) is 7.23. The van der Waals surface area contributed by atoms with E-state index in [1.54, 1.807) is 45.0 Å². The van der Waals surface area contributed by atoms with Crippen LogP contribution < -0.4 is 4.74 Å². The van der Waals surface area contributed by atoms with Gasteiger partial charge in [-0.2, -0.15) is 0 Å². The van der Waals surface area contributed by atoms with E-state index in [9.17, 15) is 14.7 Å². The molecule has 1 aromatic heterocycles. The lowest BCUT2D eigenvalue weighted by Gasteiger charge is -2.17. The Morgan fingerprint density at radius 3 is 2.28 bits per heavy atom. The van der Waals surface area contributed by atoms with Gasteiger partial charge < -0.3 is 14.8 Å². The van der Waals surface area contributed by atoms with Gasteiger partial charge >= 0.3 is 0 Å². The van der Waals surface area contributed by atoms with Gasteiger partial charge in [-0.05, 0) is 57.4 Å². The monoisotopic (exact) mass is 343 g/mol. The van der Waals surface area contributed by atoms with Gasteiger partial charge in [-0.3, -0.25) is 9.59 Å². The summed E-state index contributed by atoms with van der Waals surface area (Å²) in [4.78, 5) is 27.3. The number of H-pyrrole nitrogens is 1. The highest BCUT2D eigenvalue weighted by molar-refractivity contribution is 6.03. The number of ether oxygens (including phenoxy) is 1. The van der Waals surface area contributed by atoms with E-state index in [4.69, 9.17) is 4.74 Å². The van der Waals surface area contributed by atoms with Crippen molar-refractivity contribution in [3.05, 3.63) is 52.3 Å². The zero-order valence-electron chi connectivity index (χ0n) is 15.4. The van der Waals surface area contributed by atoms with Crippen molar-refractivity contribution in [3.63, 3.8) is 0 Å². The predicted molar refractivity (Wildman–Crippen MR) is 96.4 cm³/mol. The second-order valence-electron chi connectivity index (χ2n) is 6.68. The van der Waals surface area contributed by atoms with Crippen LogP contribution in [0.25, 0.3) is 0 Å². The van der Waals surface area contributed by atoms with Crippen LogP contribution in [0.2, 0.25) is 0 Å². The standard InChI is InChI=1S/C20H25NO4/c1-6-16-18(13(3)22)12(2)21-19(16)17(23)11-25-15-9-7-14(8-10-15)20(4,5)24/h7-10,21,24H,6,11H2,1-5H3. The highest BCUT2D eigenvalue weighted by Gasteiger charge is 2.22. The summed E-state index contributed by atoms with van der Waals surface area (Å²) in [5.74, 6) is 0.307. The van der Waals surface area contributed by atoms with Crippen molar-refractivity contribution >= 4 is 11.6 Å². The Morgan fingerprint density at radius 2 is 1.80 bits per heavy atom. The summed E-state index contributed by atoms with van der Waals surface area (Å²) in [7, 11) is 0. The van der Waals surface area contributed by atoms with Crippen molar-refractivity contribution in [2.24, 2.45) is 0 Å². The van der Waals surface area contributed by atoms with Gasteiger partial charge in [0.15, 0.2) is 12.4 Å². The molecule has 5 nitrogen and oxygen atoms in total. The average molecular weight is 343 g/mol. The summed E-state index contributed by atoms with van der Waals surface area (Å²) in [5.41, 5.74) is 2.34. The zero-order chi connectivity index (χ0) is 18.8. The van der Waals surface area contributed by atoms with Crippen molar-refractivity contribution in [1.82, 2.24) is 4.98 Å². The smallest absolute Gasteiger partial charge is 0.216 e. The number of nitrogens with one attached hydrogen (secondary N) is 1. The second-order valence-corrected chi connectivity index (χ2v) is 6.68. The molecule has 1 heterocycles. The fraction of sp³-hybridized carbons (Fsp3) is 0.400. The van der Waals surface area contributed by atoms with Gasteiger partial charge in [0.05, 0.1) is 11.3 Å². The molecule has 2 rings (SSSR count). The predicted octanol–water partition coefficient (Wildman–Crippen LogP) is 3.58. The number of aromatic amines is 1. The summed E-state index contributed by atoms with van der Waals surface area (Å²) in [6.07, 6.45) is 0.598. The molecular formula is C20H25NO4. The molecule has 0 spiro atoms. The minimum Gasteiger partial charge on any atom is -0.485 e. The Bertz CT molecular complexity index is 779. The number of rotatable bonds is 7. The minimum absolute atomic E-state index is 0.0484. The molecule has 0 saturated carbocycles. The Kier molecular flexibility index (Phi) is 5.48. The topological polar surface area (TPSA) is 79.4 Å². The van der Waals surface area contributed by atoms with E-state index in [-0.39, 0.29) is 18.2 Å². The van der Waals surface area contributed by atoms with E-state index in [0.29, 0.717) is 29.1 Å². The highest BCUT2D eigenvalue weighted by Crippen LogP contribution is 2.23. The van der Waals surface area contributed by atoms with Crippen LogP contribution in [0.3, 0.4) is 0 Å². The van der Waals surface area contributed by atoms with Crippen molar-refractivity contribution in [1.29, 1.82) is 0 Å². The first kappa shape index (κ1) is 18.9. The quantitative estimate of drug-likeness (QED) is 0.753. The van der Waals surface area contributed by atoms with Crippen LogP contribution in [0, 0.1) is 6.92 Å². The minimum atomic E-state index is -0.921. The summed E-state index contributed by atoms with van der Waals surface area (Å²) in [6, 6.07) is 6.98. The molecule has 25 heavy (non-hydrogen) atoms. The van der Waals surface area contributed by atoms with Gasteiger partial charge in [-0.1, -0.05) is 19.1 Å². The molecule has 0 amide bonds. The van der Waals surface area contributed by atoms with E-state index in [2.05, 4.69) is 4.98 Å². The molecule has 0 aliphatic carbocycles. The summed E-state index contributed by atoms with van der Waals surface area (Å²) in [6.45, 7) is 8.51. The molecule has 0 bridgehead atoms. The maximum Gasteiger partial charge on any atom is 0.216 e. The average Bonchev–Trinajstić information content (AvgIpc) is 2.88. The van der Waals surface area contributed by atoms with E-state index < -0.39 is 5.60 Å². The van der Waals surface area contributed by atoms with Crippen LogP contribution in [-0.4, -0.2) is 28.3 Å². The van der Waals surface area contributed by atoms with E-state index in [0.717, 1.165) is 11.1 Å². The molecule has 0 aliphatic heterocycles. The van der Waals surface area contributed by atoms with Crippen molar-refractivity contribution in [2.45, 2.75) is 46.6 Å². The Hall–Kier alpha value is -2.40. The lowest BCUT2D eigenvalue weighted by atomic mass is 9.99. The third-order valence-electron chi connectivity index (χ3n) is 4.21. The maximum absolute atomic E-state index is 12.5. The number of ketones is 2. The molecule has 134 valence electrons. The molecule has 0 unspecified atom stereocenters. The molecule has 2 aromatic rings. The number of aryl methyl sites for hydroxylation is 1. The third-order valence-corrected chi connectivity index (χ3v) is 4.21. The molecule has 0 aliphatic rings. The fourth-order valence-electron chi connectivity index (χ4n) is 2.92. The Morgan fingerprint density at radius 1 is 1.20 bits per heavy atom. The Balaban J connectivity index is 2.13. The van der Waals surface area contributed by atoms with Crippen LogP contribution >= 0.6 is 0 Å². The van der Waals surface area contributed by atoms with Gasteiger partial charge in [0.25, 0.3) is 0 Å². The van der Waals surface area contributed by atoms with Crippen LogP contribution in [0.5, 0.6) is 5.75 Å². The third kappa shape index (κ3) is 4.17.